The van der Waals surface area contributed by atoms with Gasteiger partial charge >= 0.3 is 0 Å². The molecule has 7 heteroatoms. The van der Waals surface area contributed by atoms with E-state index >= 15 is 0 Å². The van der Waals surface area contributed by atoms with E-state index in [2.05, 4.69) is 26.8 Å². The largest absolute Gasteiger partial charge is 0.391 e. The zero-order valence-corrected chi connectivity index (χ0v) is 13.0. The first-order valence-electron chi connectivity index (χ1n) is 7.31. The van der Waals surface area contributed by atoms with Gasteiger partial charge in [0.25, 0.3) is 0 Å². The maximum atomic E-state index is 10.2. The molecular weight excluding hydrogens is 286 g/mol. The average Bonchev–Trinajstić information content (AvgIpc) is 3.02. The van der Waals surface area contributed by atoms with Crippen LogP contribution >= 0.6 is 11.8 Å². The maximum Gasteiger partial charge on any atom is 0.153 e. The Labute approximate surface area is 128 Å². The Hall–Kier alpha value is -1.18. The van der Waals surface area contributed by atoms with Crippen LogP contribution in [0.15, 0.2) is 11.3 Å². The van der Waals surface area contributed by atoms with Crippen LogP contribution in [0.4, 0.5) is 11.5 Å². The molecule has 1 unspecified atom stereocenters. The lowest BCUT2D eigenvalue weighted by Crippen LogP contribution is -2.27. The molecule has 3 heterocycles. The average molecular weight is 307 g/mol. The van der Waals surface area contributed by atoms with Gasteiger partial charge in [-0.1, -0.05) is 6.92 Å². The number of β-amino-alcohol motifs (C(OH)–C–C–N with tert-alkyl or cyclic N) is 1. The molecule has 114 valence electrons. The normalized spacial score (nSPS) is 28.2. The first kappa shape index (κ1) is 14.7. The molecule has 2 aliphatic heterocycles. The van der Waals surface area contributed by atoms with Crippen LogP contribution < -0.4 is 5.73 Å². The van der Waals surface area contributed by atoms with Gasteiger partial charge in [0.15, 0.2) is 5.82 Å². The minimum absolute atomic E-state index is 0.148. The number of hydrogen-bond donors (Lipinski definition) is 2. The first-order chi connectivity index (χ1) is 10.2. The maximum absolute atomic E-state index is 10.2. The molecule has 0 spiro atoms. The number of nitrogen functional groups attached to an aromatic ring is 1. The summed E-state index contributed by atoms with van der Waals surface area (Å²) in [4.78, 5) is 14.9. The molecule has 1 fully saturated rings. The van der Waals surface area contributed by atoms with Gasteiger partial charge in [-0.05, 0) is 11.5 Å². The Morgan fingerprint density at radius 1 is 1.43 bits per heavy atom. The highest BCUT2D eigenvalue weighted by Crippen LogP contribution is 2.35. The standard InChI is InChI=1S/C14H21N5OS/c1-2-21-7-10-5-19(6-11(10)20)4-9-3-16-13-12(9)17-8-18-14(13)15/h3,8-11,20H,2,4-7H2,1H3,(H2,15,17,18)/t9?,10-,11+/m1/s1. The predicted molar refractivity (Wildman–Crippen MR) is 86.3 cm³/mol. The van der Waals surface area contributed by atoms with Gasteiger partial charge in [0.1, 0.15) is 12.0 Å². The van der Waals surface area contributed by atoms with Gasteiger partial charge in [-0.2, -0.15) is 11.8 Å². The summed E-state index contributed by atoms with van der Waals surface area (Å²) in [6.45, 7) is 4.65. The quantitative estimate of drug-likeness (QED) is 0.840. The van der Waals surface area contributed by atoms with Crippen molar-refractivity contribution in [2.75, 3.05) is 36.9 Å². The van der Waals surface area contributed by atoms with E-state index in [-0.39, 0.29) is 12.0 Å². The van der Waals surface area contributed by atoms with E-state index in [9.17, 15) is 5.11 Å². The summed E-state index contributed by atoms with van der Waals surface area (Å²) in [6, 6.07) is 0. The monoisotopic (exact) mass is 307 g/mol. The van der Waals surface area contributed by atoms with Crippen molar-refractivity contribution in [1.82, 2.24) is 14.9 Å². The van der Waals surface area contributed by atoms with Crippen LogP contribution in [-0.2, 0) is 0 Å². The second-order valence-electron chi connectivity index (χ2n) is 5.58. The van der Waals surface area contributed by atoms with Crippen LogP contribution in [-0.4, -0.2) is 63.4 Å². The highest BCUT2D eigenvalue weighted by Gasteiger charge is 2.33. The second-order valence-corrected chi connectivity index (χ2v) is 6.90. The van der Waals surface area contributed by atoms with Crippen LogP contribution in [0, 0.1) is 5.92 Å². The van der Waals surface area contributed by atoms with Crippen molar-refractivity contribution >= 4 is 29.5 Å². The number of aliphatic hydroxyl groups is 1. The zero-order valence-electron chi connectivity index (χ0n) is 12.1. The molecule has 0 amide bonds. The number of nitrogens with zero attached hydrogens (tertiary/aromatic N) is 4. The van der Waals surface area contributed by atoms with Crippen molar-refractivity contribution in [1.29, 1.82) is 0 Å². The van der Waals surface area contributed by atoms with E-state index < -0.39 is 0 Å². The van der Waals surface area contributed by atoms with E-state index in [0.29, 0.717) is 17.4 Å². The number of aliphatic imine (C=N–C) groups is 1. The predicted octanol–water partition coefficient (Wildman–Crippen LogP) is 0.904. The van der Waals surface area contributed by atoms with E-state index in [4.69, 9.17) is 5.73 Å². The summed E-state index contributed by atoms with van der Waals surface area (Å²) in [7, 11) is 0. The third-order valence-electron chi connectivity index (χ3n) is 4.09. The van der Waals surface area contributed by atoms with Gasteiger partial charge < -0.3 is 10.8 Å². The second kappa shape index (κ2) is 6.29. The molecule has 3 rings (SSSR count). The lowest BCUT2D eigenvalue weighted by Gasteiger charge is -2.18. The van der Waals surface area contributed by atoms with Gasteiger partial charge in [0.2, 0.25) is 0 Å². The molecule has 1 aromatic heterocycles. The van der Waals surface area contributed by atoms with Crippen molar-refractivity contribution in [2.45, 2.75) is 18.9 Å². The summed E-state index contributed by atoms with van der Waals surface area (Å²) >= 11 is 1.89. The molecule has 6 nitrogen and oxygen atoms in total. The first-order valence-corrected chi connectivity index (χ1v) is 8.47. The summed E-state index contributed by atoms with van der Waals surface area (Å²) in [5.74, 6) is 3.08. The third kappa shape index (κ3) is 3.04. The smallest absolute Gasteiger partial charge is 0.153 e. The fraction of sp³-hybridized carbons (Fsp3) is 0.643. The van der Waals surface area contributed by atoms with Crippen LogP contribution in [0.25, 0.3) is 0 Å². The number of fused-ring (bicyclic) bond motifs is 1. The van der Waals surface area contributed by atoms with E-state index in [1.165, 1.54) is 6.33 Å². The third-order valence-corrected chi connectivity index (χ3v) is 5.16. The molecule has 1 aromatic rings. The molecule has 3 N–H and O–H groups in total. The summed E-state index contributed by atoms with van der Waals surface area (Å²) < 4.78 is 0. The fourth-order valence-electron chi connectivity index (χ4n) is 2.98. The minimum Gasteiger partial charge on any atom is -0.391 e. The minimum atomic E-state index is -0.225. The van der Waals surface area contributed by atoms with E-state index in [1.54, 1.807) is 0 Å². The molecule has 0 aromatic carbocycles. The molecule has 2 aliphatic rings. The van der Waals surface area contributed by atoms with Crippen molar-refractivity contribution in [2.24, 2.45) is 10.9 Å². The van der Waals surface area contributed by atoms with E-state index in [0.717, 1.165) is 36.8 Å². The molecule has 0 radical (unpaired) electrons. The Kier molecular flexibility index (Phi) is 4.42. The number of thioether (sulfide) groups is 1. The van der Waals surface area contributed by atoms with Crippen molar-refractivity contribution in [3.63, 3.8) is 0 Å². The van der Waals surface area contributed by atoms with E-state index in [1.807, 2.05) is 18.0 Å². The summed E-state index contributed by atoms with van der Waals surface area (Å²) in [5, 5.41) is 10.2. The van der Waals surface area contributed by atoms with Crippen molar-refractivity contribution < 1.29 is 5.11 Å². The molecule has 1 saturated heterocycles. The number of nitrogens with two attached hydrogens (primary N) is 1. The molecular formula is C14H21N5OS. The lowest BCUT2D eigenvalue weighted by molar-refractivity contribution is 0.150. The van der Waals surface area contributed by atoms with Gasteiger partial charge in [0, 0.05) is 31.8 Å². The molecule has 3 atom stereocenters. The van der Waals surface area contributed by atoms with Crippen LogP contribution in [0.2, 0.25) is 0 Å². The number of likely N-dealkylation sites (tertiary alicyclic amines) is 1. The van der Waals surface area contributed by atoms with Crippen LogP contribution in [0.3, 0.4) is 0 Å². The number of aromatic nitrogens is 2. The Balaban J connectivity index is 1.62. The SMILES string of the molecule is CCSC[C@H]1CN(CC2C=Nc3c(N)ncnc32)C[C@@H]1O. The topological polar surface area (TPSA) is 87.6 Å². The number of aliphatic hydroxyl groups excluding tert-OH is 1. The molecule has 21 heavy (non-hydrogen) atoms. The fourth-order valence-corrected chi connectivity index (χ4v) is 3.85. The highest BCUT2D eigenvalue weighted by atomic mass is 32.2. The molecule has 0 bridgehead atoms. The number of hydrogen-bond acceptors (Lipinski definition) is 7. The van der Waals surface area contributed by atoms with Crippen molar-refractivity contribution in [3.05, 3.63) is 12.0 Å². The Morgan fingerprint density at radius 2 is 2.29 bits per heavy atom. The van der Waals surface area contributed by atoms with Crippen LogP contribution in [0.1, 0.15) is 18.5 Å². The molecule has 0 aliphatic carbocycles. The van der Waals surface area contributed by atoms with Gasteiger partial charge in [-0.25, -0.2) is 9.97 Å². The highest BCUT2D eigenvalue weighted by molar-refractivity contribution is 7.99. The van der Waals surface area contributed by atoms with Gasteiger partial charge in [0.05, 0.1) is 17.7 Å². The summed E-state index contributed by atoms with van der Waals surface area (Å²) in [5.41, 5.74) is 7.43. The summed E-state index contributed by atoms with van der Waals surface area (Å²) in [6.07, 6.45) is 3.17. The Bertz CT molecular complexity index is 538. The van der Waals surface area contributed by atoms with Gasteiger partial charge in [-0.3, -0.25) is 9.89 Å². The van der Waals surface area contributed by atoms with Crippen molar-refractivity contribution in [3.8, 4) is 0 Å². The number of rotatable bonds is 5. The Morgan fingerprint density at radius 3 is 3.10 bits per heavy atom. The van der Waals surface area contributed by atoms with Gasteiger partial charge in [-0.15, -0.1) is 0 Å². The zero-order chi connectivity index (χ0) is 14.8. The van der Waals surface area contributed by atoms with Crippen LogP contribution in [0.5, 0.6) is 0 Å². The lowest BCUT2D eigenvalue weighted by atomic mass is 10.1. The number of anilines is 1. The molecule has 0 saturated carbocycles.